The zero-order valence-corrected chi connectivity index (χ0v) is 13.4. The number of ether oxygens (including phenoxy) is 5. The standard InChI is InChI=1S/C14H31NO6/c1-3-16-7-8-18-11-12-20-14-13-19-10-9-17-6-5-15-21-4-2/h15H,3-14H2,1-2H3. The van der Waals surface area contributed by atoms with Crippen molar-refractivity contribution in [2.45, 2.75) is 13.8 Å². The fraction of sp³-hybridized carbons (Fsp3) is 1.00. The van der Waals surface area contributed by atoms with Gasteiger partial charge in [0.1, 0.15) is 0 Å². The Hall–Kier alpha value is -0.280. The van der Waals surface area contributed by atoms with Gasteiger partial charge in [-0.1, -0.05) is 0 Å². The van der Waals surface area contributed by atoms with Crippen LogP contribution in [-0.4, -0.2) is 79.2 Å². The molecule has 128 valence electrons. The molecule has 21 heavy (non-hydrogen) atoms. The number of nitrogens with one attached hydrogen (secondary N) is 1. The Balaban J connectivity index is 2.90. The molecule has 0 aliphatic rings. The van der Waals surface area contributed by atoms with Gasteiger partial charge in [-0.25, -0.2) is 5.48 Å². The van der Waals surface area contributed by atoms with Crippen LogP contribution in [0.25, 0.3) is 0 Å². The SMILES string of the molecule is CCOCCOCCOCCOCCOCCNOCC. The Morgan fingerprint density at radius 3 is 1.38 bits per heavy atom. The van der Waals surface area contributed by atoms with E-state index in [2.05, 4.69) is 5.48 Å². The summed E-state index contributed by atoms with van der Waals surface area (Å²) in [6, 6.07) is 0. The van der Waals surface area contributed by atoms with Gasteiger partial charge < -0.3 is 28.5 Å². The summed E-state index contributed by atoms with van der Waals surface area (Å²) < 4.78 is 26.5. The molecule has 0 fully saturated rings. The van der Waals surface area contributed by atoms with E-state index >= 15 is 0 Å². The average Bonchev–Trinajstić information content (AvgIpc) is 2.50. The van der Waals surface area contributed by atoms with Gasteiger partial charge in [0.15, 0.2) is 0 Å². The summed E-state index contributed by atoms with van der Waals surface area (Å²) in [5.41, 5.74) is 2.78. The quantitative estimate of drug-likeness (QED) is 0.294. The Morgan fingerprint density at radius 2 is 0.952 bits per heavy atom. The zero-order chi connectivity index (χ0) is 15.4. The molecule has 0 aliphatic heterocycles. The second-order valence-corrected chi connectivity index (χ2v) is 3.97. The molecular weight excluding hydrogens is 278 g/mol. The predicted octanol–water partition coefficient (Wildman–Crippen LogP) is 0.630. The van der Waals surface area contributed by atoms with Gasteiger partial charge in [-0.3, -0.25) is 0 Å². The van der Waals surface area contributed by atoms with Crippen LogP contribution in [0.4, 0.5) is 0 Å². The fourth-order valence-corrected chi connectivity index (χ4v) is 1.31. The van der Waals surface area contributed by atoms with Gasteiger partial charge in [-0.05, 0) is 13.8 Å². The van der Waals surface area contributed by atoms with E-state index in [0.717, 1.165) is 6.61 Å². The molecule has 0 aliphatic carbocycles. The number of rotatable bonds is 18. The van der Waals surface area contributed by atoms with E-state index in [1.54, 1.807) is 0 Å². The van der Waals surface area contributed by atoms with Crippen molar-refractivity contribution in [1.82, 2.24) is 5.48 Å². The van der Waals surface area contributed by atoms with E-state index in [9.17, 15) is 0 Å². The minimum absolute atomic E-state index is 0.569. The van der Waals surface area contributed by atoms with E-state index in [1.165, 1.54) is 0 Å². The third-order valence-corrected chi connectivity index (χ3v) is 2.29. The van der Waals surface area contributed by atoms with Gasteiger partial charge in [0, 0.05) is 13.2 Å². The van der Waals surface area contributed by atoms with E-state index in [4.69, 9.17) is 28.5 Å². The predicted molar refractivity (Wildman–Crippen MR) is 79.4 cm³/mol. The maximum absolute atomic E-state index is 5.36. The Labute approximate surface area is 128 Å². The highest BCUT2D eigenvalue weighted by molar-refractivity contribution is 4.36. The summed E-state index contributed by atoms with van der Waals surface area (Å²) in [5.74, 6) is 0. The second-order valence-electron chi connectivity index (χ2n) is 3.97. The molecule has 0 aromatic carbocycles. The smallest absolute Gasteiger partial charge is 0.0701 e. The number of hydroxylamine groups is 1. The largest absolute Gasteiger partial charge is 0.379 e. The minimum atomic E-state index is 0.569. The monoisotopic (exact) mass is 309 g/mol. The van der Waals surface area contributed by atoms with Gasteiger partial charge in [0.05, 0.1) is 66.1 Å². The minimum Gasteiger partial charge on any atom is -0.379 e. The van der Waals surface area contributed by atoms with Crippen molar-refractivity contribution >= 4 is 0 Å². The summed E-state index contributed by atoms with van der Waals surface area (Å²) in [6.07, 6.45) is 0. The van der Waals surface area contributed by atoms with Crippen molar-refractivity contribution in [3.8, 4) is 0 Å². The van der Waals surface area contributed by atoms with Crippen molar-refractivity contribution in [1.29, 1.82) is 0 Å². The lowest BCUT2D eigenvalue weighted by Crippen LogP contribution is -2.21. The molecule has 0 rings (SSSR count). The molecular formula is C14H31NO6. The fourth-order valence-electron chi connectivity index (χ4n) is 1.31. The van der Waals surface area contributed by atoms with Crippen LogP contribution in [0.15, 0.2) is 0 Å². The molecule has 7 nitrogen and oxygen atoms in total. The molecule has 0 unspecified atom stereocenters. The van der Waals surface area contributed by atoms with Crippen LogP contribution in [0, 0.1) is 0 Å². The lowest BCUT2D eigenvalue weighted by molar-refractivity contribution is -0.0145. The molecule has 0 amide bonds. The van der Waals surface area contributed by atoms with Crippen LogP contribution >= 0.6 is 0 Å². The molecule has 0 aromatic rings. The highest BCUT2D eigenvalue weighted by Crippen LogP contribution is 1.83. The molecule has 0 atom stereocenters. The highest BCUT2D eigenvalue weighted by atomic mass is 16.6. The first-order chi connectivity index (χ1) is 10.4. The van der Waals surface area contributed by atoms with E-state index in [0.29, 0.717) is 72.6 Å². The highest BCUT2D eigenvalue weighted by Gasteiger charge is 1.93. The first kappa shape index (κ1) is 20.7. The van der Waals surface area contributed by atoms with Crippen LogP contribution in [0.5, 0.6) is 0 Å². The van der Waals surface area contributed by atoms with Crippen LogP contribution in [0.3, 0.4) is 0 Å². The first-order valence-corrected chi connectivity index (χ1v) is 7.65. The van der Waals surface area contributed by atoms with Gasteiger partial charge in [0.25, 0.3) is 0 Å². The second kappa shape index (κ2) is 19.7. The number of hydrogen-bond donors (Lipinski definition) is 1. The van der Waals surface area contributed by atoms with Gasteiger partial charge in [0.2, 0.25) is 0 Å². The summed E-state index contributed by atoms with van der Waals surface area (Å²) >= 11 is 0. The molecule has 0 saturated heterocycles. The third-order valence-electron chi connectivity index (χ3n) is 2.29. The van der Waals surface area contributed by atoms with Crippen molar-refractivity contribution < 1.29 is 28.5 Å². The summed E-state index contributed by atoms with van der Waals surface area (Å²) in [5, 5.41) is 0. The molecule has 1 N–H and O–H groups in total. The summed E-state index contributed by atoms with van der Waals surface area (Å²) in [4.78, 5) is 4.96. The molecule has 7 heteroatoms. The van der Waals surface area contributed by atoms with Crippen molar-refractivity contribution in [2.24, 2.45) is 0 Å². The van der Waals surface area contributed by atoms with Gasteiger partial charge in [-0.2, -0.15) is 0 Å². The molecule has 0 bridgehead atoms. The summed E-state index contributed by atoms with van der Waals surface area (Å²) in [7, 11) is 0. The topological polar surface area (TPSA) is 67.4 Å². The Morgan fingerprint density at radius 1 is 0.524 bits per heavy atom. The van der Waals surface area contributed by atoms with Gasteiger partial charge in [-0.15, -0.1) is 0 Å². The Kier molecular flexibility index (Phi) is 19.5. The Bertz CT molecular complexity index is 167. The number of hydrogen-bond acceptors (Lipinski definition) is 7. The summed E-state index contributed by atoms with van der Waals surface area (Å²) in [6.45, 7) is 11.3. The first-order valence-electron chi connectivity index (χ1n) is 7.65. The van der Waals surface area contributed by atoms with Crippen LogP contribution in [0.2, 0.25) is 0 Å². The van der Waals surface area contributed by atoms with Crippen molar-refractivity contribution in [3.63, 3.8) is 0 Å². The molecule has 0 saturated carbocycles. The lowest BCUT2D eigenvalue weighted by Gasteiger charge is -2.08. The van der Waals surface area contributed by atoms with Crippen LogP contribution in [0.1, 0.15) is 13.8 Å². The van der Waals surface area contributed by atoms with Gasteiger partial charge >= 0.3 is 0 Å². The molecule has 0 aromatic heterocycles. The third kappa shape index (κ3) is 19.7. The molecule has 0 radical (unpaired) electrons. The van der Waals surface area contributed by atoms with E-state index in [-0.39, 0.29) is 0 Å². The van der Waals surface area contributed by atoms with Crippen LogP contribution < -0.4 is 5.48 Å². The van der Waals surface area contributed by atoms with E-state index in [1.807, 2.05) is 13.8 Å². The van der Waals surface area contributed by atoms with E-state index < -0.39 is 0 Å². The lowest BCUT2D eigenvalue weighted by atomic mass is 10.6. The van der Waals surface area contributed by atoms with Crippen LogP contribution in [-0.2, 0) is 28.5 Å². The molecule has 0 heterocycles. The normalized spacial score (nSPS) is 11.1. The van der Waals surface area contributed by atoms with Crippen molar-refractivity contribution in [2.75, 3.05) is 79.2 Å². The maximum atomic E-state index is 5.36. The van der Waals surface area contributed by atoms with Crippen molar-refractivity contribution in [3.05, 3.63) is 0 Å². The maximum Gasteiger partial charge on any atom is 0.0701 e. The molecule has 0 spiro atoms. The average molecular weight is 309 g/mol. The zero-order valence-electron chi connectivity index (χ0n) is 13.4.